The summed E-state index contributed by atoms with van der Waals surface area (Å²) in [5.41, 5.74) is 4.89. The maximum absolute atomic E-state index is 6.15. The molecule has 3 N–H and O–H groups in total. The van der Waals surface area contributed by atoms with Gasteiger partial charge in [0.05, 0.1) is 12.6 Å². The Labute approximate surface area is 126 Å². The summed E-state index contributed by atoms with van der Waals surface area (Å²) in [6.45, 7) is 0.690. The molecule has 6 heteroatoms. The van der Waals surface area contributed by atoms with Crippen molar-refractivity contribution in [1.82, 2.24) is 5.43 Å². The number of furan rings is 1. The fraction of sp³-hybridized carbons (Fsp3) is 0.286. The van der Waals surface area contributed by atoms with Gasteiger partial charge in [-0.15, -0.1) is 0 Å². The fourth-order valence-electron chi connectivity index (χ4n) is 2.47. The molecule has 3 rings (SSSR count). The lowest BCUT2D eigenvalue weighted by Crippen LogP contribution is -2.29. The van der Waals surface area contributed by atoms with Crippen molar-refractivity contribution in [3.8, 4) is 5.75 Å². The summed E-state index contributed by atoms with van der Waals surface area (Å²) in [5.74, 6) is 7.21. The molecule has 0 radical (unpaired) electrons. The minimum absolute atomic E-state index is 0.186. The molecular weight excluding hydrogens is 299 g/mol. The maximum Gasteiger partial charge on any atom is 0.193 e. The van der Waals surface area contributed by atoms with Gasteiger partial charge in [0.2, 0.25) is 0 Å². The van der Waals surface area contributed by atoms with Gasteiger partial charge in [0.25, 0.3) is 0 Å². The summed E-state index contributed by atoms with van der Waals surface area (Å²) in [4.78, 5) is 0. The van der Waals surface area contributed by atoms with Crippen LogP contribution in [0, 0.1) is 0 Å². The van der Waals surface area contributed by atoms with Crippen LogP contribution in [0.1, 0.15) is 22.9 Å². The molecule has 20 heavy (non-hydrogen) atoms. The molecule has 1 unspecified atom stereocenters. The molecule has 1 aromatic heterocycles. The first-order valence-corrected chi connectivity index (χ1v) is 7.08. The molecule has 2 heterocycles. The Morgan fingerprint density at radius 2 is 2.15 bits per heavy atom. The van der Waals surface area contributed by atoms with E-state index in [1.54, 1.807) is 12.1 Å². The molecule has 2 aromatic rings. The summed E-state index contributed by atoms with van der Waals surface area (Å²) in [7, 11) is 0. The zero-order chi connectivity index (χ0) is 14.1. The van der Waals surface area contributed by atoms with Gasteiger partial charge in [-0.3, -0.25) is 5.84 Å². The average Bonchev–Trinajstić information content (AvgIpc) is 3.04. The highest BCUT2D eigenvalue weighted by Crippen LogP contribution is 2.35. The second kappa shape index (κ2) is 5.66. The highest BCUT2D eigenvalue weighted by molar-refractivity contribution is 6.30. The first kappa shape index (κ1) is 13.8. The number of nitrogens with two attached hydrogens (primary N) is 1. The molecule has 0 saturated heterocycles. The molecule has 4 nitrogen and oxygen atoms in total. The Morgan fingerprint density at radius 3 is 2.85 bits per heavy atom. The van der Waals surface area contributed by atoms with Crippen molar-refractivity contribution in [2.24, 2.45) is 5.84 Å². The van der Waals surface area contributed by atoms with Crippen LogP contribution >= 0.6 is 23.2 Å². The standard InChI is InChI=1S/C14H14Cl2N2O2/c15-10-5-8-3-4-19-14(8)9(6-10)7-11(18-17)12-1-2-13(16)20-12/h1-2,5-6,11,18H,3-4,7,17H2. The number of hydrogen-bond acceptors (Lipinski definition) is 4. The largest absolute Gasteiger partial charge is 0.493 e. The number of ether oxygens (including phenoxy) is 1. The third-order valence-corrected chi connectivity index (χ3v) is 3.81. The van der Waals surface area contributed by atoms with E-state index in [-0.39, 0.29) is 6.04 Å². The molecule has 0 spiro atoms. The van der Waals surface area contributed by atoms with Crippen LogP contribution in [0.15, 0.2) is 28.7 Å². The van der Waals surface area contributed by atoms with E-state index in [2.05, 4.69) is 5.43 Å². The molecule has 0 amide bonds. The van der Waals surface area contributed by atoms with E-state index in [0.29, 0.717) is 29.0 Å². The molecule has 1 atom stereocenters. The van der Waals surface area contributed by atoms with Crippen molar-refractivity contribution in [2.75, 3.05) is 6.61 Å². The number of halogens is 2. The van der Waals surface area contributed by atoms with Gasteiger partial charge in [-0.25, -0.2) is 5.43 Å². The Kier molecular flexibility index (Phi) is 3.89. The van der Waals surface area contributed by atoms with Crippen LogP contribution in [0.5, 0.6) is 5.75 Å². The third kappa shape index (κ3) is 2.65. The van der Waals surface area contributed by atoms with E-state index >= 15 is 0 Å². The summed E-state index contributed by atoms with van der Waals surface area (Å²) < 4.78 is 11.1. The maximum atomic E-state index is 6.15. The molecule has 0 aliphatic carbocycles. The first-order valence-electron chi connectivity index (χ1n) is 6.33. The van der Waals surface area contributed by atoms with E-state index in [1.165, 1.54) is 0 Å². The van der Waals surface area contributed by atoms with Crippen molar-refractivity contribution in [2.45, 2.75) is 18.9 Å². The normalized spacial score (nSPS) is 14.9. The van der Waals surface area contributed by atoms with Crippen LogP contribution in [-0.2, 0) is 12.8 Å². The lowest BCUT2D eigenvalue weighted by molar-refractivity contribution is 0.349. The van der Waals surface area contributed by atoms with Gasteiger partial charge < -0.3 is 9.15 Å². The zero-order valence-electron chi connectivity index (χ0n) is 10.7. The Morgan fingerprint density at radius 1 is 1.30 bits per heavy atom. The first-order chi connectivity index (χ1) is 9.67. The van der Waals surface area contributed by atoms with Crippen LogP contribution in [-0.4, -0.2) is 6.61 Å². The monoisotopic (exact) mass is 312 g/mol. The Bertz CT molecular complexity index is 628. The van der Waals surface area contributed by atoms with E-state index in [4.69, 9.17) is 38.2 Å². The second-order valence-corrected chi connectivity index (χ2v) is 5.53. The van der Waals surface area contributed by atoms with Gasteiger partial charge in [0, 0.05) is 11.4 Å². The van der Waals surface area contributed by atoms with Gasteiger partial charge in [-0.05, 0) is 53.4 Å². The molecule has 0 bridgehead atoms. The van der Waals surface area contributed by atoms with Crippen molar-refractivity contribution < 1.29 is 9.15 Å². The van der Waals surface area contributed by atoms with Crippen molar-refractivity contribution in [3.63, 3.8) is 0 Å². The lowest BCUT2D eigenvalue weighted by atomic mass is 10.0. The number of benzene rings is 1. The quantitative estimate of drug-likeness (QED) is 0.672. The number of hydrogen-bond donors (Lipinski definition) is 2. The van der Waals surface area contributed by atoms with Gasteiger partial charge in [-0.2, -0.15) is 0 Å². The third-order valence-electron chi connectivity index (χ3n) is 3.39. The second-order valence-electron chi connectivity index (χ2n) is 4.72. The predicted molar refractivity (Wildman–Crippen MR) is 78.1 cm³/mol. The predicted octanol–water partition coefficient (Wildman–Crippen LogP) is 3.27. The van der Waals surface area contributed by atoms with Crippen molar-refractivity contribution in [1.29, 1.82) is 0 Å². The number of hydrazine groups is 1. The molecule has 1 aromatic carbocycles. The molecular formula is C14H14Cl2N2O2. The van der Waals surface area contributed by atoms with Crippen LogP contribution < -0.4 is 16.0 Å². The van der Waals surface area contributed by atoms with Gasteiger partial charge in [0.15, 0.2) is 5.22 Å². The van der Waals surface area contributed by atoms with E-state index in [0.717, 1.165) is 23.3 Å². The summed E-state index contributed by atoms with van der Waals surface area (Å²) >= 11 is 12.0. The average molecular weight is 313 g/mol. The minimum atomic E-state index is -0.186. The Hall–Kier alpha value is -1.20. The highest BCUT2D eigenvalue weighted by atomic mass is 35.5. The minimum Gasteiger partial charge on any atom is -0.493 e. The SMILES string of the molecule is NNC(Cc1cc(Cl)cc2c1OCC2)c1ccc(Cl)o1. The van der Waals surface area contributed by atoms with E-state index in [9.17, 15) is 0 Å². The summed E-state index contributed by atoms with van der Waals surface area (Å²) in [6.07, 6.45) is 1.50. The summed E-state index contributed by atoms with van der Waals surface area (Å²) in [6, 6.07) is 7.16. The van der Waals surface area contributed by atoms with Gasteiger partial charge in [0.1, 0.15) is 11.5 Å². The van der Waals surface area contributed by atoms with Gasteiger partial charge >= 0.3 is 0 Å². The molecule has 0 saturated carbocycles. The number of nitrogens with one attached hydrogen (secondary N) is 1. The van der Waals surface area contributed by atoms with Gasteiger partial charge in [-0.1, -0.05) is 11.6 Å². The van der Waals surface area contributed by atoms with Crippen LogP contribution in [0.4, 0.5) is 0 Å². The highest BCUT2D eigenvalue weighted by Gasteiger charge is 2.22. The molecule has 1 aliphatic heterocycles. The fourth-order valence-corrected chi connectivity index (χ4v) is 2.89. The van der Waals surface area contributed by atoms with Crippen LogP contribution in [0.25, 0.3) is 0 Å². The van der Waals surface area contributed by atoms with Crippen LogP contribution in [0.2, 0.25) is 10.2 Å². The number of fused-ring (bicyclic) bond motifs is 1. The van der Waals surface area contributed by atoms with Crippen molar-refractivity contribution >= 4 is 23.2 Å². The van der Waals surface area contributed by atoms with Crippen molar-refractivity contribution in [3.05, 3.63) is 51.4 Å². The summed E-state index contributed by atoms with van der Waals surface area (Å²) in [5, 5.41) is 1.05. The molecule has 1 aliphatic rings. The smallest absolute Gasteiger partial charge is 0.193 e. The van der Waals surface area contributed by atoms with E-state index < -0.39 is 0 Å². The molecule has 0 fully saturated rings. The zero-order valence-corrected chi connectivity index (χ0v) is 12.2. The van der Waals surface area contributed by atoms with Crippen LogP contribution in [0.3, 0.4) is 0 Å². The Balaban J connectivity index is 1.90. The topological polar surface area (TPSA) is 60.4 Å². The number of rotatable bonds is 4. The van der Waals surface area contributed by atoms with E-state index in [1.807, 2.05) is 12.1 Å². The molecule has 106 valence electrons. The lowest BCUT2D eigenvalue weighted by Gasteiger charge is -2.16.